The molecule has 1 aromatic carbocycles. The Bertz CT molecular complexity index is 1370. The highest BCUT2D eigenvalue weighted by atomic mass is 19.4. The number of ether oxygens (including phenoxy) is 1. The van der Waals surface area contributed by atoms with Crippen LogP contribution in [0.25, 0.3) is 10.9 Å². The van der Waals surface area contributed by atoms with Crippen LogP contribution >= 0.6 is 0 Å². The number of pyridine rings is 1. The van der Waals surface area contributed by atoms with E-state index in [2.05, 4.69) is 26.2 Å². The van der Waals surface area contributed by atoms with Gasteiger partial charge in [-0.15, -0.1) is 10.2 Å². The van der Waals surface area contributed by atoms with Gasteiger partial charge in [-0.05, 0) is 38.0 Å². The summed E-state index contributed by atoms with van der Waals surface area (Å²) in [6, 6.07) is 7.84. The SMILES string of the molecule is COc1ccc2nc(C)c(C#N)c(N3CCC(C(=O)N4CCn5c(nnc5C(F)(F)F)C4)CC3)c2c1. The topological polar surface area (TPSA) is 100 Å². The van der Waals surface area contributed by atoms with Gasteiger partial charge < -0.3 is 19.1 Å². The van der Waals surface area contributed by atoms with Gasteiger partial charge in [0.05, 0.1) is 36.1 Å². The Kier molecular flexibility index (Phi) is 5.94. The number of nitrogens with zero attached hydrogens (tertiary/aromatic N) is 7. The molecule has 0 unspecified atom stereocenters. The van der Waals surface area contributed by atoms with E-state index in [1.165, 1.54) is 0 Å². The number of fused-ring (bicyclic) bond motifs is 2. The lowest BCUT2D eigenvalue weighted by Gasteiger charge is -2.37. The van der Waals surface area contributed by atoms with Crippen LogP contribution < -0.4 is 9.64 Å². The third-order valence-corrected chi connectivity index (χ3v) is 6.94. The van der Waals surface area contributed by atoms with Crippen LogP contribution in [0.1, 0.15) is 35.7 Å². The van der Waals surface area contributed by atoms with E-state index >= 15 is 0 Å². The third-order valence-electron chi connectivity index (χ3n) is 6.94. The van der Waals surface area contributed by atoms with Crippen molar-refractivity contribution in [1.82, 2.24) is 24.6 Å². The fourth-order valence-electron chi connectivity index (χ4n) is 5.10. The molecule has 2 aromatic heterocycles. The molecule has 0 aliphatic carbocycles. The predicted octanol–water partition coefficient (Wildman–Crippen LogP) is 3.29. The molecule has 12 heteroatoms. The van der Waals surface area contributed by atoms with Crippen molar-refractivity contribution in [3.05, 3.63) is 41.1 Å². The number of hydrogen-bond acceptors (Lipinski definition) is 7. The molecule has 188 valence electrons. The second kappa shape index (κ2) is 8.96. The number of amides is 1. The molecule has 0 saturated carbocycles. The lowest BCUT2D eigenvalue weighted by Crippen LogP contribution is -2.45. The Labute approximate surface area is 205 Å². The molecule has 5 rings (SSSR count). The molecule has 2 aliphatic rings. The zero-order chi connectivity index (χ0) is 25.6. The number of methoxy groups -OCH3 is 1. The van der Waals surface area contributed by atoms with E-state index in [4.69, 9.17) is 4.74 Å². The van der Waals surface area contributed by atoms with E-state index in [9.17, 15) is 23.2 Å². The lowest BCUT2D eigenvalue weighted by molar-refractivity contribution is -0.148. The third kappa shape index (κ3) is 4.08. The number of piperidine rings is 1. The Morgan fingerprint density at radius 3 is 2.58 bits per heavy atom. The highest BCUT2D eigenvalue weighted by molar-refractivity contribution is 5.96. The van der Waals surface area contributed by atoms with Crippen LogP contribution in [0.4, 0.5) is 18.9 Å². The summed E-state index contributed by atoms with van der Waals surface area (Å²) >= 11 is 0. The molecular formula is C24H24F3N7O2. The van der Waals surface area contributed by atoms with E-state index in [0.29, 0.717) is 42.9 Å². The molecule has 0 spiro atoms. The number of aromatic nitrogens is 4. The Balaban J connectivity index is 1.33. The second-order valence-electron chi connectivity index (χ2n) is 9.03. The summed E-state index contributed by atoms with van der Waals surface area (Å²) in [7, 11) is 1.58. The van der Waals surface area contributed by atoms with Gasteiger partial charge in [0, 0.05) is 37.5 Å². The lowest BCUT2D eigenvalue weighted by atomic mass is 9.93. The van der Waals surface area contributed by atoms with Gasteiger partial charge in [-0.1, -0.05) is 0 Å². The van der Waals surface area contributed by atoms with Gasteiger partial charge in [-0.2, -0.15) is 18.4 Å². The minimum absolute atomic E-state index is 0.00862. The number of nitriles is 1. The van der Waals surface area contributed by atoms with E-state index in [0.717, 1.165) is 21.2 Å². The van der Waals surface area contributed by atoms with Crippen molar-refractivity contribution in [2.45, 2.75) is 39.0 Å². The van der Waals surface area contributed by atoms with Crippen molar-refractivity contribution >= 4 is 22.5 Å². The fraction of sp³-hybridized carbons (Fsp3) is 0.458. The van der Waals surface area contributed by atoms with Crippen molar-refractivity contribution in [3.63, 3.8) is 0 Å². The summed E-state index contributed by atoms with van der Waals surface area (Å²) < 4.78 is 45.8. The molecule has 0 atom stereocenters. The van der Waals surface area contributed by atoms with Crippen LogP contribution in [0, 0.1) is 24.2 Å². The van der Waals surface area contributed by atoms with Crippen molar-refractivity contribution in [2.24, 2.45) is 5.92 Å². The highest BCUT2D eigenvalue weighted by Crippen LogP contribution is 2.36. The van der Waals surface area contributed by atoms with Crippen LogP contribution in [0.5, 0.6) is 5.75 Å². The van der Waals surface area contributed by atoms with Crippen molar-refractivity contribution in [2.75, 3.05) is 31.6 Å². The second-order valence-corrected chi connectivity index (χ2v) is 9.03. The molecule has 0 bridgehead atoms. The maximum Gasteiger partial charge on any atom is 0.451 e. The van der Waals surface area contributed by atoms with Crippen LogP contribution in [-0.4, -0.2) is 57.3 Å². The highest BCUT2D eigenvalue weighted by Gasteiger charge is 2.40. The van der Waals surface area contributed by atoms with Crippen molar-refractivity contribution < 1.29 is 22.7 Å². The standard InChI is InChI=1S/C24H24F3N7O2/c1-14-18(12-28)21(17-11-16(36-2)3-4-19(17)29-14)32-7-5-15(6-8-32)22(35)33-9-10-34-20(13-33)30-31-23(34)24(25,26)27/h3-4,11,15H,5-10,13H2,1-2H3. The number of carbonyl (C=O) groups is 1. The number of aryl methyl sites for hydroxylation is 1. The summed E-state index contributed by atoms with van der Waals surface area (Å²) in [6.45, 7) is 3.12. The molecule has 2 aliphatic heterocycles. The quantitative estimate of drug-likeness (QED) is 0.545. The minimum Gasteiger partial charge on any atom is -0.497 e. The Hall–Kier alpha value is -3.88. The Morgan fingerprint density at radius 1 is 1.17 bits per heavy atom. The first-order valence-electron chi connectivity index (χ1n) is 11.6. The maximum atomic E-state index is 13.2. The zero-order valence-electron chi connectivity index (χ0n) is 19.8. The van der Waals surface area contributed by atoms with Gasteiger partial charge in [0.25, 0.3) is 0 Å². The molecule has 1 amide bonds. The summed E-state index contributed by atoms with van der Waals surface area (Å²) in [6.07, 6.45) is -3.45. The first-order valence-corrected chi connectivity index (χ1v) is 11.6. The smallest absolute Gasteiger partial charge is 0.451 e. The van der Waals surface area contributed by atoms with Gasteiger partial charge in [0.1, 0.15) is 11.8 Å². The van der Waals surface area contributed by atoms with Gasteiger partial charge in [-0.25, -0.2) is 0 Å². The molecule has 0 N–H and O–H groups in total. The van der Waals surface area contributed by atoms with E-state index in [1.807, 2.05) is 18.2 Å². The molecule has 36 heavy (non-hydrogen) atoms. The summed E-state index contributed by atoms with van der Waals surface area (Å²) in [5.74, 6) is -0.564. The van der Waals surface area contributed by atoms with Crippen LogP contribution in [-0.2, 0) is 24.1 Å². The minimum atomic E-state index is -4.58. The molecule has 3 aromatic rings. The van der Waals surface area contributed by atoms with Gasteiger partial charge >= 0.3 is 6.18 Å². The number of carbonyl (C=O) groups excluding carboxylic acids is 1. The van der Waals surface area contributed by atoms with Crippen molar-refractivity contribution in [3.8, 4) is 11.8 Å². The monoisotopic (exact) mass is 499 g/mol. The average molecular weight is 499 g/mol. The van der Waals surface area contributed by atoms with E-state index in [-0.39, 0.29) is 37.3 Å². The molecule has 1 saturated heterocycles. The zero-order valence-corrected chi connectivity index (χ0v) is 19.8. The van der Waals surface area contributed by atoms with Crippen molar-refractivity contribution in [1.29, 1.82) is 5.26 Å². The number of alkyl halides is 3. The predicted molar refractivity (Wildman–Crippen MR) is 123 cm³/mol. The molecule has 9 nitrogen and oxygen atoms in total. The largest absolute Gasteiger partial charge is 0.497 e. The van der Waals surface area contributed by atoms with Crippen LogP contribution in [0.3, 0.4) is 0 Å². The number of benzene rings is 1. The summed E-state index contributed by atoms with van der Waals surface area (Å²) in [5, 5.41) is 17.6. The average Bonchev–Trinajstić information content (AvgIpc) is 3.31. The van der Waals surface area contributed by atoms with E-state index < -0.39 is 12.0 Å². The normalized spacial score (nSPS) is 16.7. The van der Waals surface area contributed by atoms with Crippen LogP contribution in [0.2, 0.25) is 0 Å². The van der Waals surface area contributed by atoms with Crippen LogP contribution in [0.15, 0.2) is 18.2 Å². The molecule has 1 fully saturated rings. The number of rotatable bonds is 3. The first-order chi connectivity index (χ1) is 17.2. The molecule has 0 radical (unpaired) electrons. The van der Waals surface area contributed by atoms with Gasteiger partial charge in [0.2, 0.25) is 11.7 Å². The summed E-state index contributed by atoms with van der Waals surface area (Å²) in [4.78, 5) is 21.5. The Morgan fingerprint density at radius 2 is 1.92 bits per heavy atom. The van der Waals surface area contributed by atoms with Gasteiger partial charge in [-0.3, -0.25) is 9.78 Å². The van der Waals surface area contributed by atoms with E-state index in [1.54, 1.807) is 18.9 Å². The fourth-order valence-corrected chi connectivity index (χ4v) is 5.10. The number of hydrogen-bond donors (Lipinski definition) is 0. The molecule has 4 heterocycles. The number of anilines is 1. The maximum absolute atomic E-state index is 13.2. The van der Waals surface area contributed by atoms with Gasteiger partial charge in [0.15, 0.2) is 5.82 Å². The first kappa shape index (κ1) is 23.8. The number of halogens is 3. The summed E-state index contributed by atoms with van der Waals surface area (Å²) in [5.41, 5.74) is 2.68. The molecular weight excluding hydrogens is 475 g/mol.